The van der Waals surface area contributed by atoms with Crippen LogP contribution < -0.4 is 11.3 Å². The molecule has 0 saturated carbocycles. The highest BCUT2D eigenvalue weighted by Gasteiger charge is 2.29. The average Bonchev–Trinajstić information content (AvgIpc) is 2.80. The van der Waals surface area contributed by atoms with Gasteiger partial charge in [0.2, 0.25) is 0 Å². The zero-order chi connectivity index (χ0) is 9.97. The number of nitrogens with two attached hydrogens (primary N) is 1. The molecule has 1 aliphatic rings. The molecule has 0 spiro atoms. The number of aryl methyl sites for hydroxylation is 1. The van der Waals surface area contributed by atoms with Crippen LogP contribution in [0.5, 0.6) is 0 Å². The molecule has 2 rings (SSSR count). The Bertz CT molecular complexity index is 294. The first-order valence-electron chi connectivity index (χ1n) is 4.74. The van der Waals surface area contributed by atoms with Gasteiger partial charge >= 0.3 is 0 Å². The summed E-state index contributed by atoms with van der Waals surface area (Å²) < 4.78 is 7.28. The van der Waals surface area contributed by atoms with Gasteiger partial charge in [-0.3, -0.25) is 10.5 Å². The number of aromatic nitrogens is 3. The lowest BCUT2D eigenvalue weighted by molar-refractivity contribution is 0.0745. The second kappa shape index (κ2) is 4.04. The van der Waals surface area contributed by atoms with Crippen molar-refractivity contribution in [2.45, 2.75) is 25.0 Å². The molecule has 6 nitrogen and oxygen atoms in total. The van der Waals surface area contributed by atoms with Crippen LogP contribution in [0.4, 0.5) is 0 Å². The van der Waals surface area contributed by atoms with Crippen molar-refractivity contribution in [3.05, 3.63) is 12.2 Å². The maximum Gasteiger partial charge on any atom is 0.147 e. The summed E-state index contributed by atoms with van der Waals surface area (Å²) in [6, 6.07) is -0.0648. The SMILES string of the molecule is Cn1ncnc1C(NN)C1CCCO1. The van der Waals surface area contributed by atoms with E-state index >= 15 is 0 Å². The molecule has 2 atom stereocenters. The molecule has 2 heterocycles. The summed E-state index contributed by atoms with van der Waals surface area (Å²) in [5.41, 5.74) is 2.74. The predicted octanol–water partition coefficient (Wildman–Crippen LogP) is -0.501. The van der Waals surface area contributed by atoms with Gasteiger partial charge in [0.05, 0.1) is 6.10 Å². The highest BCUT2D eigenvalue weighted by Crippen LogP contribution is 2.24. The first-order valence-corrected chi connectivity index (χ1v) is 4.74. The van der Waals surface area contributed by atoms with Crippen molar-refractivity contribution in [1.82, 2.24) is 20.2 Å². The van der Waals surface area contributed by atoms with Crippen molar-refractivity contribution in [2.24, 2.45) is 12.9 Å². The summed E-state index contributed by atoms with van der Waals surface area (Å²) in [6.07, 6.45) is 3.74. The largest absolute Gasteiger partial charge is 0.376 e. The number of rotatable bonds is 3. The van der Waals surface area contributed by atoms with Gasteiger partial charge in [0, 0.05) is 13.7 Å². The summed E-state index contributed by atoms with van der Waals surface area (Å²) in [5, 5.41) is 4.01. The standard InChI is InChI=1S/C8H15N5O/c1-13-8(10-5-11-13)7(12-9)6-3-2-4-14-6/h5-7,12H,2-4,9H2,1H3. The molecule has 1 aromatic rings. The molecular weight excluding hydrogens is 182 g/mol. The predicted molar refractivity (Wildman–Crippen MR) is 50.0 cm³/mol. The minimum absolute atomic E-state index is 0.0648. The van der Waals surface area contributed by atoms with E-state index in [0.717, 1.165) is 25.3 Å². The fraction of sp³-hybridized carbons (Fsp3) is 0.750. The fourth-order valence-electron chi connectivity index (χ4n) is 1.80. The lowest BCUT2D eigenvalue weighted by Crippen LogP contribution is -2.38. The van der Waals surface area contributed by atoms with E-state index in [1.807, 2.05) is 7.05 Å². The highest BCUT2D eigenvalue weighted by molar-refractivity contribution is 4.98. The Balaban J connectivity index is 2.16. The molecule has 1 aliphatic heterocycles. The van der Waals surface area contributed by atoms with Crippen LogP contribution in [0.15, 0.2) is 6.33 Å². The summed E-state index contributed by atoms with van der Waals surface area (Å²) in [5.74, 6) is 6.32. The van der Waals surface area contributed by atoms with E-state index in [4.69, 9.17) is 10.6 Å². The topological polar surface area (TPSA) is 78.0 Å². The molecule has 0 aromatic carbocycles. The zero-order valence-electron chi connectivity index (χ0n) is 8.18. The highest BCUT2D eigenvalue weighted by atomic mass is 16.5. The monoisotopic (exact) mass is 197 g/mol. The van der Waals surface area contributed by atoms with Crippen LogP contribution in [0.1, 0.15) is 24.7 Å². The van der Waals surface area contributed by atoms with Crippen LogP contribution in [-0.4, -0.2) is 27.5 Å². The maximum atomic E-state index is 5.56. The van der Waals surface area contributed by atoms with Crippen LogP contribution in [-0.2, 0) is 11.8 Å². The molecule has 2 unspecified atom stereocenters. The Morgan fingerprint density at radius 1 is 1.79 bits per heavy atom. The third kappa shape index (κ3) is 1.63. The van der Waals surface area contributed by atoms with Gasteiger partial charge in [0.25, 0.3) is 0 Å². The minimum atomic E-state index is -0.0648. The first-order chi connectivity index (χ1) is 6.83. The second-order valence-corrected chi connectivity index (χ2v) is 3.44. The number of hydrogen-bond acceptors (Lipinski definition) is 5. The van der Waals surface area contributed by atoms with Gasteiger partial charge in [0.1, 0.15) is 18.2 Å². The van der Waals surface area contributed by atoms with Gasteiger partial charge < -0.3 is 4.74 Å². The van der Waals surface area contributed by atoms with Crippen molar-refractivity contribution >= 4 is 0 Å². The van der Waals surface area contributed by atoms with Crippen LogP contribution in [0.3, 0.4) is 0 Å². The van der Waals surface area contributed by atoms with Gasteiger partial charge in [-0.2, -0.15) is 5.10 Å². The van der Waals surface area contributed by atoms with Crippen LogP contribution in [0.2, 0.25) is 0 Å². The Morgan fingerprint density at radius 3 is 3.14 bits per heavy atom. The van der Waals surface area contributed by atoms with Crippen molar-refractivity contribution in [3.8, 4) is 0 Å². The molecule has 1 fully saturated rings. The van der Waals surface area contributed by atoms with E-state index in [9.17, 15) is 0 Å². The van der Waals surface area contributed by atoms with Crippen molar-refractivity contribution in [3.63, 3.8) is 0 Å². The third-order valence-electron chi connectivity index (χ3n) is 2.54. The molecule has 78 valence electrons. The van der Waals surface area contributed by atoms with E-state index in [0.29, 0.717) is 0 Å². The van der Waals surface area contributed by atoms with E-state index < -0.39 is 0 Å². The van der Waals surface area contributed by atoms with Crippen LogP contribution >= 0.6 is 0 Å². The summed E-state index contributed by atoms with van der Waals surface area (Å²) in [6.45, 7) is 0.806. The quantitative estimate of drug-likeness (QED) is 0.504. The van der Waals surface area contributed by atoms with Crippen molar-refractivity contribution < 1.29 is 4.74 Å². The molecule has 0 aliphatic carbocycles. The zero-order valence-corrected chi connectivity index (χ0v) is 8.18. The molecule has 14 heavy (non-hydrogen) atoms. The maximum absolute atomic E-state index is 5.56. The number of nitrogens with one attached hydrogen (secondary N) is 1. The Kier molecular flexibility index (Phi) is 2.76. The van der Waals surface area contributed by atoms with E-state index in [-0.39, 0.29) is 12.1 Å². The molecule has 6 heteroatoms. The summed E-state index contributed by atoms with van der Waals surface area (Å²) >= 11 is 0. The molecule has 3 N–H and O–H groups in total. The van der Waals surface area contributed by atoms with Gasteiger partial charge in [-0.05, 0) is 12.8 Å². The van der Waals surface area contributed by atoms with Crippen molar-refractivity contribution in [2.75, 3.05) is 6.61 Å². The third-order valence-corrected chi connectivity index (χ3v) is 2.54. The van der Waals surface area contributed by atoms with Crippen LogP contribution in [0, 0.1) is 0 Å². The minimum Gasteiger partial charge on any atom is -0.376 e. The molecule has 1 saturated heterocycles. The Labute approximate surface area is 82.4 Å². The Hall–Kier alpha value is -0.980. The first kappa shape index (κ1) is 9.57. The van der Waals surface area contributed by atoms with Gasteiger partial charge in [0.15, 0.2) is 0 Å². The van der Waals surface area contributed by atoms with Gasteiger partial charge in [-0.15, -0.1) is 0 Å². The molecule has 0 radical (unpaired) electrons. The smallest absolute Gasteiger partial charge is 0.147 e. The molecule has 0 bridgehead atoms. The van der Waals surface area contributed by atoms with Gasteiger partial charge in [-0.1, -0.05) is 0 Å². The summed E-state index contributed by atoms with van der Waals surface area (Å²) in [7, 11) is 1.85. The number of hydrogen-bond donors (Lipinski definition) is 2. The van der Waals surface area contributed by atoms with Crippen LogP contribution in [0.25, 0.3) is 0 Å². The normalized spacial score (nSPS) is 24.0. The number of ether oxygens (including phenoxy) is 1. The van der Waals surface area contributed by atoms with E-state index in [2.05, 4.69) is 15.5 Å². The Morgan fingerprint density at radius 2 is 2.64 bits per heavy atom. The van der Waals surface area contributed by atoms with E-state index in [1.54, 1.807) is 4.68 Å². The lowest BCUT2D eigenvalue weighted by Gasteiger charge is -2.20. The summed E-state index contributed by atoms with van der Waals surface area (Å²) in [4.78, 5) is 4.16. The number of hydrazine groups is 1. The number of nitrogens with zero attached hydrogens (tertiary/aromatic N) is 3. The lowest BCUT2D eigenvalue weighted by atomic mass is 10.1. The molecule has 0 amide bonds. The van der Waals surface area contributed by atoms with Gasteiger partial charge in [-0.25, -0.2) is 10.4 Å². The second-order valence-electron chi connectivity index (χ2n) is 3.44. The van der Waals surface area contributed by atoms with Crippen molar-refractivity contribution in [1.29, 1.82) is 0 Å². The average molecular weight is 197 g/mol. The van der Waals surface area contributed by atoms with E-state index in [1.165, 1.54) is 6.33 Å². The fourth-order valence-corrected chi connectivity index (χ4v) is 1.80. The molecule has 1 aromatic heterocycles. The molecular formula is C8H15N5O.